The van der Waals surface area contributed by atoms with Gasteiger partial charge in [-0.2, -0.15) is 0 Å². The molecule has 3 aliphatic carbocycles. The van der Waals surface area contributed by atoms with Gasteiger partial charge >= 0.3 is 0 Å². The molecule has 0 aromatic heterocycles. The third-order valence-electron chi connectivity index (χ3n) is 7.43. The molecule has 1 aliphatic heterocycles. The second kappa shape index (κ2) is 7.66. The molecule has 29 heavy (non-hydrogen) atoms. The molecular formula is C23H29ClF2N2O. The van der Waals surface area contributed by atoms with E-state index >= 15 is 4.39 Å². The van der Waals surface area contributed by atoms with Crippen molar-refractivity contribution in [2.45, 2.75) is 45.2 Å². The minimum absolute atomic E-state index is 0.0617. The second-order valence-corrected chi connectivity index (χ2v) is 10.0. The van der Waals surface area contributed by atoms with Gasteiger partial charge in [-0.05, 0) is 61.1 Å². The second-order valence-electron chi connectivity index (χ2n) is 9.59. The first-order chi connectivity index (χ1) is 13.7. The maximum Gasteiger partial charge on any atom is 0.251 e. The van der Waals surface area contributed by atoms with E-state index in [2.05, 4.69) is 30.1 Å². The van der Waals surface area contributed by atoms with Gasteiger partial charge in [0.2, 0.25) is 0 Å². The summed E-state index contributed by atoms with van der Waals surface area (Å²) in [6.45, 7) is 6.99. The van der Waals surface area contributed by atoms with Crippen LogP contribution in [0.1, 0.15) is 49.9 Å². The van der Waals surface area contributed by atoms with E-state index in [0.717, 1.165) is 24.6 Å². The van der Waals surface area contributed by atoms with Crippen LogP contribution in [0.15, 0.2) is 29.8 Å². The highest BCUT2D eigenvalue weighted by molar-refractivity contribution is 6.31. The van der Waals surface area contributed by atoms with Crippen LogP contribution in [0.3, 0.4) is 0 Å². The fraction of sp³-hybridized carbons (Fsp3) is 0.609. The van der Waals surface area contributed by atoms with Gasteiger partial charge in [0, 0.05) is 30.2 Å². The summed E-state index contributed by atoms with van der Waals surface area (Å²) in [5.74, 6) is 0.423. The molecule has 1 N–H and O–H groups in total. The molecular weight excluding hydrogens is 394 g/mol. The number of rotatable bonds is 5. The van der Waals surface area contributed by atoms with Crippen molar-refractivity contribution >= 4 is 17.5 Å². The number of piperidine rings is 1. The number of alkyl halides is 1. The van der Waals surface area contributed by atoms with Gasteiger partial charge < -0.3 is 5.32 Å². The minimum Gasteiger partial charge on any atom is -0.349 e. The zero-order valence-corrected chi connectivity index (χ0v) is 17.9. The summed E-state index contributed by atoms with van der Waals surface area (Å²) in [6.07, 6.45) is 5.67. The third kappa shape index (κ3) is 4.22. The Labute approximate surface area is 176 Å². The maximum absolute atomic E-state index is 15.2. The Morgan fingerprint density at radius 1 is 1.28 bits per heavy atom. The fourth-order valence-electron chi connectivity index (χ4n) is 5.23. The minimum atomic E-state index is -1.43. The van der Waals surface area contributed by atoms with E-state index in [1.54, 1.807) is 0 Å². The predicted octanol–water partition coefficient (Wildman–Crippen LogP) is 5.01. The lowest BCUT2D eigenvalue weighted by Gasteiger charge is -2.57. The molecule has 1 saturated carbocycles. The van der Waals surface area contributed by atoms with Gasteiger partial charge in [0.1, 0.15) is 11.5 Å². The van der Waals surface area contributed by atoms with E-state index in [1.807, 2.05) is 0 Å². The average Bonchev–Trinajstić information content (AvgIpc) is 2.67. The van der Waals surface area contributed by atoms with E-state index in [1.165, 1.54) is 24.5 Å². The lowest BCUT2D eigenvalue weighted by atomic mass is 9.49. The molecule has 1 amide bonds. The monoisotopic (exact) mass is 422 g/mol. The number of halogens is 3. The number of hydrogen-bond acceptors (Lipinski definition) is 2. The highest BCUT2D eigenvalue weighted by Crippen LogP contribution is 2.59. The van der Waals surface area contributed by atoms with Gasteiger partial charge in [-0.15, -0.1) is 0 Å². The fourth-order valence-corrected chi connectivity index (χ4v) is 5.45. The van der Waals surface area contributed by atoms with Crippen molar-refractivity contribution in [1.29, 1.82) is 0 Å². The molecule has 2 bridgehead atoms. The molecule has 6 heteroatoms. The number of nitrogens with zero attached hydrogens (tertiary/aromatic N) is 1. The highest BCUT2D eigenvalue weighted by atomic mass is 35.5. The number of allylic oxidation sites excluding steroid dienone is 1. The summed E-state index contributed by atoms with van der Waals surface area (Å²) in [7, 11) is 0. The van der Waals surface area contributed by atoms with E-state index in [9.17, 15) is 9.18 Å². The molecule has 2 atom stereocenters. The van der Waals surface area contributed by atoms with Gasteiger partial charge in [-0.3, -0.25) is 9.69 Å². The van der Waals surface area contributed by atoms with Crippen LogP contribution in [0.4, 0.5) is 8.78 Å². The van der Waals surface area contributed by atoms with Crippen molar-refractivity contribution < 1.29 is 13.6 Å². The Balaban J connectivity index is 1.27. The largest absolute Gasteiger partial charge is 0.349 e. The Kier molecular flexibility index (Phi) is 5.49. The van der Waals surface area contributed by atoms with E-state index in [4.69, 9.17) is 11.6 Å². The predicted molar refractivity (Wildman–Crippen MR) is 111 cm³/mol. The molecule has 4 aliphatic rings. The van der Waals surface area contributed by atoms with Crippen molar-refractivity contribution in [2.75, 3.05) is 26.2 Å². The smallest absolute Gasteiger partial charge is 0.251 e. The maximum atomic E-state index is 15.2. The van der Waals surface area contributed by atoms with Crippen LogP contribution in [-0.4, -0.2) is 42.7 Å². The van der Waals surface area contributed by atoms with Crippen LogP contribution in [0, 0.1) is 23.1 Å². The first-order valence-electron chi connectivity index (χ1n) is 10.5. The molecule has 0 unspecified atom stereocenters. The SMILES string of the molecule is CC1(C)[C@H]2CC=C(CN3CCC(F)(CNC(=O)c4cc(F)cc(Cl)c4)CC3)[C@H]1C2. The number of nitrogens with one attached hydrogen (secondary N) is 1. The Bertz CT molecular complexity index is 810. The van der Waals surface area contributed by atoms with Crippen molar-refractivity contribution in [2.24, 2.45) is 17.3 Å². The van der Waals surface area contributed by atoms with Crippen LogP contribution in [-0.2, 0) is 0 Å². The van der Waals surface area contributed by atoms with Gasteiger partial charge in [-0.25, -0.2) is 8.78 Å². The summed E-state index contributed by atoms with van der Waals surface area (Å²) in [4.78, 5) is 14.6. The van der Waals surface area contributed by atoms with Crippen LogP contribution in [0.5, 0.6) is 0 Å². The molecule has 3 nitrogen and oxygen atoms in total. The summed E-state index contributed by atoms with van der Waals surface area (Å²) < 4.78 is 28.6. The summed E-state index contributed by atoms with van der Waals surface area (Å²) in [6, 6.07) is 3.63. The molecule has 0 radical (unpaired) electrons. The first-order valence-corrected chi connectivity index (χ1v) is 10.9. The van der Waals surface area contributed by atoms with Crippen molar-refractivity contribution in [3.8, 4) is 0 Å². The molecule has 1 saturated heterocycles. The Morgan fingerprint density at radius 2 is 2.00 bits per heavy atom. The lowest BCUT2D eigenvalue weighted by Crippen LogP contribution is -2.52. The normalized spacial score (nSPS) is 27.7. The first kappa shape index (κ1) is 20.8. The molecule has 0 spiro atoms. The lowest BCUT2D eigenvalue weighted by molar-refractivity contribution is -0.0138. The quantitative estimate of drug-likeness (QED) is 0.677. The molecule has 1 aromatic rings. The number of benzene rings is 1. The van der Waals surface area contributed by atoms with Crippen molar-refractivity contribution in [3.63, 3.8) is 0 Å². The van der Waals surface area contributed by atoms with Crippen LogP contribution < -0.4 is 5.32 Å². The standard InChI is InChI=1S/C23H29ClF2N2O/c1-22(2)17-4-3-15(20(22)11-17)13-28-7-5-23(26,6-8-28)14-27-21(29)16-9-18(24)12-19(25)10-16/h3,9-10,12,17,20H,4-8,11,13-14H2,1-2H3,(H,27,29)/t17-,20+/m0/s1. The number of fused-ring (bicyclic) bond motifs is 1. The highest BCUT2D eigenvalue weighted by Gasteiger charge is 2.51. The van der Waals surface area contributed by atoms with E-state index in [-0.39, 0.29) is 17.1 Å². The number of carbonyl (C=O) groups is 1. The average molecular weight is 423 g/mol. The van der Waals surface area contributed by atoms with Gasteiger partial charge in [-0.1, -0.05) is 37.1 Å². The Morgan fingerprint density at radius 3 is 2.62 bits per heavy atom. The van der Waals surface area contributed by atoms with Crippen molar-refractivity contribution in [1.82, 2.24) is 10.2 Å². The van der Waals surface area contributed by atoms with Crippen molar-refractivity contribution in [3.05, 3.63) is 46.3 Å². The van der Waals surface area contributed by atoms with E-state index < -0.39 is 17.4 Å². The number of amides is 1. The summed E-state index contributed by atoms with van der Waals surface area (Å²) in [5.41, 5.74) is 0.626. The molecule has 2 fully saturated rings. The molecule has 1 heterocycles. The van der Waals surface area contributed by atoms with Gasteiger partial charge in [0.15, 0.2) is 0 Å². The van der Waals surface area contributed by atoms with Gasteiger partial charge in [0.25, 0.3) is 5.91 Å². The van der Waals surface area contributed by atoms with E-state index in [0.29, 0.717) is 37.3 Å². The molecule has 1 aromatic carbocycles. The summed E-state index contributed by atoms with van der Waals surface area (Å²) >= 11 is 5.79. The zero-order chi connectivity index (χ0) is 20.8. The Hall–Kier alpha value is -1.46. The topological polar surface area (TPSA) is 32.3 Å². The summed E-state index contributed by atoms with van der Waals surface area (Å²) in [5, 5.41) is 2.76. The number of carbonyl (C=O) groups excluding carboxylic acids is 1. The third-order valence-corrected chi connectivity index (χ3v) is 7.65. The van der Waals surface area contributed by atoms with Crippen LogP contribution in [0.2, 0.25) is 5.02 Å². The number of hydrogen-bond donors (Lipinski definition) is 1. The van der Waals surface area contributed by atoms with Gasteiger partial charge in [0.05, 0.1) is 6.54 Å². The van der Waals surface area contributed by atoms with Crippen LogP contribution in [0.25, 0.3) is 0 Å². The molecule has 5 rings (SSSR count). The molecule has 158 valence electrons. The van der Waals surface area contributed by atoms with Crippen LogP contribution >= 0.6 is 11.6 Å². The number of likely N-dealkylation sites (tertiary alicyclic amines) is 1. The zero-order valence-electron chi connectivity index (χ0n) is 17.1.